The first-order valence-corrected chi connectivity index (χ1v) is 9.62. The molecule has 2 rings (SSSR count). The Morgan fingerprint density at radius 3 is 2.40 bits per heavy atom. The monoisotopic (exact) mass is 358 g/mol. The number of hydrogen-bond acceptors (Lipinski definition) is 3. The highest BCUT2D eigenvalue weighted by atomic mass is 32.2. The summed E-state index contributed by atoms with van der Waals surface area (Å²) in [5, 5.41) is 9.41. The Morgan fingerprint density at radius 1 is 1.12 bits per heavy atom. The van der Waals surface area contributed by atoms with Crippen molar-refractivity contribution in [2.24, 2.45) is 11.8 Å². The zero-order chi connectivity index (χ0) is 18.1. The van der Waals surface area contributed by atoms with Gasteiger partial charge in [0.1, 0.15) is 5.75 Å². The summed E-state index contributed by atoms with van der Waals surface area (Å²) in [4.78, 5) is 12.6. The van der Waals surface area contributed by atoms with E-state index in [1.165, 1.54) is 5.56 Å². The van der Waals surface area contributed by atoms with E-state index >= 15 is 0 Å². The van der Waals surface area contributed by atoms with Crippen LogP contribution >= 0.6 is 11.8 Å². The minimum atomic E-state index is -0.708. The van der Waals surface area contributed by atoms with E-state index in [-0.39, 0.29) is 11.8 Å². The molecule has 2 aromatic rings. The van der Waals surface area contributed by atoms with Crippen molar-refractivity contribution in [3.63, 3.8) is 0 Å². The molecule has 0 aliphatic rings. The molecular formula is C21H26O3S. The van der Waals surface area contributed by atoms with Gasteiger partial charge in [0.2, 0.25) is 0 Å². The Morgan fingerprint density at radius 2 is 1.80 bits per heavy atom. The van der Waals surface area contributed by atoms with Crippen LogP contribution in [-0.2, 0) is 11.2 Å². The van der Waals surface area contributed by atoms with Crippen molar-refractivity contribution in [1.82, 2.24) is 0 Å². The van der Waals surface area contributed by atoms with Gasteiger partial charge < -0.3 is 9.84 Å². The lowest BCUT2D eigenvalue weighted by Gasteiger charge is -2.20. The van der Waals surface area contributed by atoms with Crippen LogP contribution in [0, 0.1) is 11.8 Å². The Bertz CT molecular complexity index is 640. The quantitative estimate of drug-likeness (QED) is 0.597. The second-order valence-corrected chi connectivity index (χ2v) is 7.34. The normalized spacial score (nSPS) is 13.2. The van der Waals surface area contributed by atoms with E-state index in [1.54, 1.807) is 18.9 Å². The van der Waals surface area contributed by atoms with Crippen LogP contribution in [0.1, 0.15) is 25.3 Å². The Hall–Kier alpha value is -1.94. The van der Waals surface area contributed by atoms with E-state index in [1.807, 2.05) is 49.4 Å². The van der Waals surface area contributed by atoms with Gasteiger partial charge in [-0.05, 0) is 55.0 Å². The molecule has 1 N–H and O–H groups in total. The van der Waals surface area contributed by atoms with E-state index in [2.05, 4.69) is 12.1 Å². The first-order valence-electron chi connectivity index (χ1n) is 8.63. The van der Waals surface area contributed by atoms with Crippen molar-refractivity contribution < 1.29 is 14.6 Å². The molecule has 3 nitrogen and oxygen atoms in total. The summed E-state index contributed by atoms with van der Waals surface area (Å²) in [6, 6.07) is 18.3. The van der Waals surface area contributed by atoms with Crippen molar-refractivity contribution in [1.29, 1.82) is 0 Å². The molecule has 2 atom stereocenters. The molecule has 0 saturated carbocycles. The summed E-state index contributed by atoms with van der Waals surface area (Å²) >= 11 is 1.72. The largest absolute Gasteiger partial charge is 0.497 e. The number of rotatable bonds is 10. The van der Waals surface area contributed by atoms with Crippen molar-refractivity contribution in [3.8, 4) is 5.75 Å². The molecule has 2 aromatic carbocycles. The van der Waals surface area contributed by atoms with Crippen molar-refractivity contribution in [3.05, 3.63) is 60.2 Å². The van der Waals surface area contributed by atoms with Crippen LogP contribution in [0.4, 0.5) is 0 Å². The molecule has 134 valence electrons. The van der Waals surface area contributed by atoms with Gasteiger partial charge in [-0.2, -0.15) is 0 Å². The smallest absolute Gasteiger partial charge is 0.306 e. The highest BCUT2D eigenvalue weighted by Gasteiger charge is 2.23. The molecule has 25 heavy (non-hydrogen) atoms. The molecule has 0 spiro atoms. The van der Waals surface area contributed by atoms with Gasteiger partial charge >= 0.3 is 5.97 Å². The average molecular weight is 359 g/mol. The maximum Gasteiger partial charge on any atom is 0.306 e. The third-order valence-electron chi connectivity index (χ3n) is 4.50. The molecule has 0 radical (unpaired) electrons. The number of aliphatic carboxylic acids is 1. The van der Waals surface area contributed by atoms with Crippen LogP contribution in [-0.4, -0.2) is 23.9 Å². The predicted octanol–water partition coefficient (Wildman–Crippen LogP) is 5.15. The van der Waals surface area contributed by atoms with Crippen LogP contribution in [0.3, 0.4) is 0 Å². The SMILES string of the molecule is COc1ccc(SCC(CCCc2ccccc2)C(C)C(=O)O)cc1. The summed E-state index contributed by atoms with van der Waals surface area (Å²) < 4.78 is 5.17. The maximum atomic E-state index is 11.4. The molecule has 0 amide bonds. The molecule has 0 aliphatic heterocycles. The van der Waals surface area contributed by atoms with E-state index in [0.29, 0.717) is 0 Å². The van der Waals surface area contributed by atoms with Gasteiger partial charge in [-0.15, -0.1) is 11.8 Å². The number of hydrogen-bond donors (Lipinski definition) is 1. The van der Waals surface area contributed by atoms with E-state index < -0.39 is 5.97 Å². The highest BCUT2D eigenvalue weighted by Crippen LogP contribution is 2.29. The number of aryl methyl sites for hydroxylation is 1. The van der Waals surface area contributed by atoms with Gasteiger partial charge in [-0.25, -0.2) is 0 Å². The van der Waals surface area contributed by atoms with Crippen molar-refractivity contribution >= 4 is 17.7 Å². The minimum Gasteiger partial charge on any atom is -0.497 e. The van der Waals surface area contributed by atoms with Gasteiger partial charge in [-0.1, -0.05) is 37.3 Å². The van der Waals surface area contributed by atoms with E-state index in [9.17, 15) is 9.90 Å². The third-order valence-corrected chi connectivity index (χ3v) is 5.70. The fraction of sp³-hybridized carbons (Fsp3) is 0.381. The lowest BCUT2D eigenvalue weighted by Crippen LogP contribution is -2.22. The summed E-state index contributed by atoms with van der Waals surface area (Å²) in [7, 11) is 1.65. The van der Waals surface area contributed by atoms with Crippen LogP contribution in [0.5, 0.6) is 5.75 Å². The summed E-state index contributed by atoms with van der Waals surface area (Å²) in [6.07, 6.45) is 2.93. The Kier molecular flexibility index (Phi) is 7.86. The molecule has 2 unspecified atom stereocenters. The Labute approximate surface area is 154 Å². The number of carboxylic acid groups (broad SMARTS) is 1. The van der Waals surface area contributed by atoms with Crippen LogP contribution in [0.2, 0.25) is 0 Å². The van der Waals surface area contributed by atoms with Gasteiger partial charge in [-0.3, -0.25) is 4.79 Å². The molecule has 0 aliphatic carbocycles. The lowest BCUT2D eigenvalue weighted by atomic mass is 9.90. The fourth-order valence-corrected chi connectivity index (χ4v) is 3.96. The molecule has 0 heterocycles. The van der Waals surface area contributed by atoms with E-state index in [4.69, 9.17) is 4.74 Å². The standard InChI is InChI=1S/C21H26O3S/c1-16(21(22)23)18(10-6-9-17-7-4-3-5-8-17)15-25-20-13-11-19(24-2)12-14-20/h3-5,7-8,11-14,16,18H,6,9-10,15H2,1-2H3,(H,22,23). The molecule has 0 saturated heterocycles. The first kappa shape index (κ1) is 19.4. The molecule has 0 aromatic heterocycles. The number of benzene rings is 2. The summed E-state index contributed by atoms with van der Waals surface area (Å²) in [5.74, 6) is 0.770. The third kappa shape index (κ3) is 6.46. The number of methoxy groups -OCH3 is 1. The fourth-order valence-electron chi connectivity index (χ4n) is 2.77. The molecular weight excluding hydrogens is 332 g/mol. The lowest BCUT2D eigenvalue weighted by molar-refractivity contribution is -0.142. The maximum absolute atomic E-state index is 11.4. The van der Waals surface area contributed by atoms with Crippen molar-refractivity contribution in [2.75, 3.05) is 12.9 Å². The molecule has 4 heteroatoms. The molecule has 0 bridgehead atoms. The first-order chi connectivity index (χ1) is 12.1. The minimum absolute atomic E-state index is 0.160. The molecule has 0 fully saturated rings. The number of thioether (sulfide) groups is 1. The topological polar surface area (TPSA) is 46.5 Å². The number of ether oxygens (including phenoxy) is 1. The zero-order valence-electron chi connectivity index (χ0n) is 14.9. The van der Waals surface area contributed by atoms with Crippen LogP contribution in [0.15, 0.2) is 59.5 Å². The van der Waals surface area contributed by atoms with Gasteiger partial charge in [0.05, 0.1) is 13.0 Å². The average Bonchev–Trinajstić information content (AvgIpc) is 2.65. The van der Waals surface area contributed by atoms with Crippen molar-refractivity contribution in [2.45, 2.75) is 31.1 Å². The Balaban J connectivity index is 1.89. The highest BCUT2D eigenvalue weighted by molar-refractivity contribution is 7.99. The van der Waals surface area contributed by atoms with E-state index in [0.717, 1.165) is 35.7 Å². The number of carboxylic acids is 1. The van der Waals surface area contributed by atoms with Crippen LogP contribution < -0.4 is 4.74 Å². The summed E-state index contributed by atoms with van der Waals surface area (Å²) in [5.41, 5.74) is 1.31. The zero-order valence-corrected chi connectivity index (χ0v) is 15.7. The van der Waals surface area contributed by atoms with Gasteiger partial charge in [0, 0.05) is 10.6 Å². The second kappa shape index (κ2) is 10.1. The predicted molar refractivity (Wildman–Crippen MR) is 103 cm³/mol. The number of carbonyl (C=O) groups is 1. The van der Waals surface area contributed by atoms with Gasteiger partial charge in [0.15, 0.2) is 0 Å². The summed E-state index contributed by atoms with van der Waals surface area (Å²) in [6.45, 7) is 1.82. The van der Waals surface area contributed by atoms with Gasteiger partial charge in [0.25, 0.3) is 0 Å². The van der Waals surface area contributed by atoms with Crippen LogP contribution in [0.25, 0.3) is 0 Å². The second-order valence-electron chi connectivity index (χ2n) is 6.25.